The SMILES string of the molecule is CCC(=O)Nc1ccc(C(Cl)CN(C)CCC(=O)O)cc1. The van der Waals surface area contributed by atoms with Crippen molar-refractivity contribution in [1.82, 2.24) is 4.90 Å². The van der Waals surface area contributed by atoms with E-state index < -0.39 is 5.97 Å². The van der Waals surface area contributed by atoms with Crippen molar-refractivity contribution < 1.29 is 14.7 Å². The Morgan fingerprint density at radius 1 is 1.33 bits per heavy atom. The summed E-state index contributed by atoms with van der Waals surface area (Å²) in [5.74, 6) is -0.845. The topological polar surface area (TPSA) is 69.6 Å². The maximum Gasteiger partial charge on any atom is 0.304 e. The number of carbonyl (C=O) groups excluding carboxylic acids is 1. The molecular weight excluding hydrogens is 292 g/mol. The summed E-state index contributed by atoms with van der Waals surface area (Å²) in [6.45, 7) is 2.82. The van der Waals surface area contributed by atoms with E-state index in [4.69, 9.17) is 16.7 Å². The summed E-state index contributed by atoms with van der Waals surface area (Å²) in [4.78, 5) is 23.7. The molecule has 0 fully saturated rings. The monoisotopic (exact) mass is 312 g/mol. The number of aliphatic carboxylic acids is 1. The molecule has 1 aromatic rings. The highest BCUT2D eigenvalue weighted by Crippen LogP contribution is 2.23. The molecule has 0 saturated heterocycles. The fraction of sp³-hybridized carbons (Fsp3) is 0.467. The molecule has 1 atom stereocenters. The summed E-state index contributed by atoms with van der Waals surface area (Å²) >= 11 is 6.33. The van der Waals surface area contributed by atoms with E-state index >= 15 is 0 Å². The normalized spacial score (nSPS) is 12.2. The van der Waals surface area contributed by atoms with Crippen molar-refractivity contribution in [3.05, 3.63) is 29.8 Å². The number of amides is 1. The number of halogens is 1. The zero-order chi connectivity index (χ0) is 15.8. The Balaban J connectivity index is 2.52. The minimum absolute atomic E-state index is 0.0291. The predicted octanol–water partition coefficient (Wildman–Crippen LogP) is 2.72. The smallest absolute Gasteiger partial charge is 0.304 e. The van der Waals surface area contributed by atoms with Crippen LogP contribution in [0.5, 0.6) is 0 Å². The maximum atomic E-state index is 11.3. The number of hydrogen-bond acceptors (Lipinski definition) is 3. The number of anilines is 1. The van der Waals surface area contributed by atoms with Crippen LogP contribution in [0.1, 0.15) is 30.7 Å². The zero-order valence-corrected chi connectivity index (χ0v) is 13.1. The second-order valence-electron chi connectivity index (χ2n) is 4.90. The van der Waals surface area contributed by atoms with Crippen LogP contribution >= 0.6 is 11.6 Å². The third-order valence-electron chi connectivity index (χ3n) is 3.06. The predicted molar refractivity (Wildman–Crippen MR) is 83.7 cm³/mol. The Kier molecular flexibility index (Phi) is 7.19. The van der Waals surface area contributed by atoms with Gasteiger partial charge in [-0.2, -0.15) is 0 Å². The van der Waals surface area contributed by atoms with Crippen LogP contribution in [0.25, 0.3) is 0 Å². The van der Waals surface area contributed by atoms with E-state index in [-0.39, 0.29) is 17.7 Å². The average Bonchev–Trinajstić information content (AvgIpc) is 2.45. The van der Waals surface area contributed by atoms with E-state index in [0.29, 0.717) is 19.5 Å². The molecule has 2 N–H and O–H groups in total. The molecule has 0 aromatic heterocycles. The standard InChI is InChI=1S/C15H21ClN2O3/c1-3-14(19)17-12-6-4-11(5-7-12)13(16)10-18(2)9-8-15(20)21/h4-7,13H,3,8-10H2,1-2H3,(H,17,19)(H,20,21). The molecule has 1 rings (SSSR count). The Labute approximate surface area is 129 Å². The van der Waals surface area contributed by atoms with Crippen LogP contribution in [0.3, 0.4) is 0 Å². The molecule has 1 aromatic carbocycles. The van der Waals surface area contributed by atoms with Crippen molar-refractivity contribution in [2.45, 2.75) is 25.1 Å². The maximum absolute atomic E-state index is 11.3. The van der Waals surface area contributed by atoms with Crippen LogP contribution in [0.2, 0.25) is 0 Å². The van der Waals surface area contributed by atoms with E-state index in [1.807, 2.05) is 36.2 Å². The molecule has 0 aliphatic heterocycles. The van der Waals surface area contributed by atoms with Gasteiger partial charge in [-0.3, -0.25) is 9.59 Å². The van der Waals surface area contributed by atoms with Gasteiger partial charge in [0.2, 0.25) is 5.91 Å². The van der Waals surface area contributed by atoms with Gasteiger partial charge in [0.25, 0.3) is 0 Å². The lowest BCUT2D eigenvalue weighted by Gasteiger charge is -2.19. The first-order chi connectivity index (χ1) is 9.92. The Morgan fingerprint density at radius 2 is 1.95 bits per heavy atom. The molecule has 21 heavy (non-hydrogen) atoms. The van der Waals surface area contributed by atoms with Crippen molar-refractivity contribution >= 4 is 29.2 Å². The van der Waals surface area contributed by atoms with Gasteiger partial charge in [-0.05, 0) is 24.7 Å². The van der Waals surface area contributed by atoms with Gasteiger partial charge in [-0.25, -0.2) is 0 Å². The van der Waals surface area contributed by atoms with Crippen LogP contribution in [0.4, 0.5) is 5.69 Å². The average molecular weight is 313 g/mol. The number of carboxylic acid groups (broad SMARTS) is 1. The van der Waals surface area contributed by atoms with Crippen LogP contribution in [0.15, 0.2) is 24.3 Å². The van der Waals surface area contributed by atoms with Crippen molar-refractivity contribution in [3.8, 4) is 0 Å². The third kappa shape index (κ3) is 6.60. The number of carboxylic acids is 1. The highest BCUT2D eigenvalue weighted by atomic mass is 35.5. The quantitative estimate of drug-likeness (QED) is 0.724. The Hall–Kier alpha value is -1.59. The molecule has 0 heterocycles. The lowest BCUT2D eigenvalue weighted by molar-refractivity contribution is -0.137. The largest absolute Gasteiger partial charge is 0.481 e. The first-order valence-corrected chi connectivity index (χ1v) is 7.30. The molecule has 0 aliphatic rings. The molecule has 0 radical (unpaired) electrons. The minimum Gasteiger partial charge on any atom is -0.481 e. The summed E-state index contributed by atoms with van der Waals surface area (Å²) in [5.41, 5.74) is 1.68. The van der Waals surface area contributed by atoms with E-state index in [9.17, 15) is 9.59 Å². The number of nitrogens with one attached hydrogen (secondary N) is 1. The third-order valence-corrected chi connectivity index (χ3v) is 3.45. The van der Waals surface area contributed by atoms with Crippen LogP contribution < -0.4 is 5.32 Å². The molecule has 0 saturated carbocycles. The van der Waals surface area contributed by atoms with E-state index in [1.54, 1.807) is 6.92 Å². The molecule has 1 unspecified atom stereocenters. The van der Waals surface area contributed by atoms with Gasteiger partial charge in [-0.1, -0.05) is 19.1 Å². The highest BCUT2D eigenvalue weighted by Gasteiger charge is 2.12. The lowest BCUT2D eigenvalue weighted by Crippen LogP contribution is -2.25. The molecule has 5 nitrogen and oxygen atoms in total. The van der Waals surface area contributed by atoms with Gasteiger partial charge in [0.15, 0.2) is 0 Å². The minimum atomic E-state index is -0.816. The molecule has 6 heteroatoms. The summed E-state index contributed by atoms with van der Waals surface area (Å²) in [7, 11) is 1.84. The first-order valence-electron chi connectivity index (χ1n) is 6.86. The number of nitrogens with zero attached hydrogens (tertiary/aromatic N) is 1. The Morgan fingerprint density at radius 3 is 2.48 bits per heavy atom. The van der Waals surface area contributed by atoms with Crippen molar-refractivity contribution in [3.63, 3.8) is 0 Å². The molecule has 116 valence electrons. The fourth-order valence-electron chi connectivity index (χ4n) is 1.78. The van der Waals surface area contributed by atoms with E-state index in [2.05, 4.69) is 5.32 Å². The number of alkyl halides is 1. The summed E-state index contributed by atoms with van der Waals surface area (Å²) in [6, 6.07) is 7.37. The van der Waals surface area contributed by atoms with Crippen LogP contribution in [0, 0.1) is 0 Å². The van der Waals surface area contributed by atoms with Gasteiger partial charge >= 0.3 is 5.97 Å². The van der Waals surface area contributed by atoms with Crippen LogP contribution in [-0.4, -0.2) is 42.0 Å². The summed E-state index contributed by atoms with van der Waals surface area (Å²) in [6.07, 6.45) is 0.538. The van der Waals surface area contributed by atoms with Gasteiger partial charge in [0, 0.05) is 25.2 Å². The number of carbonyl (C=O) groups is 2. The number of benzene rings is 1. The molecule has 1 amide bonds. The first kappa shape index (κ1) is 17.5. The van der Waals surface area contributed by atoms with E-state index in [1.165, 1.54) is 0 Å². The molecule has 0 aliphatic carbocycles. The lowest BCUT2D eigenvalue weighted by atomic mass is 10.1. The van der Waals surface area contributed by atoms with Crippen molar-refractivity contribution in [2.75, 3.05) is 25.5 Å². The van der Waals surface area contributed by atoms with Gasteiger partial charge in [-0.15, -0.1) is 11.6 Å². The van der Waals surface area contributed by atoms with E-state index in [0.717, 1.165) is 11.3 Å². The second-order valence-corrected chi connectivity index (χ2v) is 5.42. The van der Waals surface area contributed by atoms with Crippen molar-refractivity contribution in [2.24, 2.45) is 0 Å². The Bertz CT molecular complexity index is 476. The zero-order valence-electron chi connectivity index (χ0n) is 12.3. The van der Waals surface area contributed by atoms with Crippen LogP contribution in [-0.2, 0) is 9.59 Å². The van der Waals surface area contributed by atoms with Gasteiger partial charge in [0.1, 0.15) is 0 Å². The van der Waals surface area contributed by atoms with Gasteiger partial charge < -0.3 is 15.3 Å². The number of likely N-dealkylation sites (N-methyl/N-ethyl adjacent to an activating group) is 1. The van der Waals surface area contributed by atoms with Gasteiger partial charge in [0.05, 0.1) is 11.8 Å². The molecular formula is C15H21ClN2O3. The van der Waals surface area contributed by atoms with Crippen molar-refractivity contribution in [1.29, 1.82) is 0 Å². The summed E-state index contributed by atoms with van der Waals surface area (Å²) in [5, 5.41) is 11.2. The second kappa shape index (κ2) is 8.64. The highest BCUT2D eigenvalue weighted by molar-refractivity contribution is 6.21. The number of hydrogen-bond donors (Lipinski definition) is 2. The molecule has 0 spiro atoms. The number of rotatable bonds is 8. The molecule has 0 bridgehead atoms. The summed E-state index contributed by atoms with van der Waals surface area (Å²) < 4.78 is 0. The fourth-order valence-corrected chi connectivity index (χ4v) is 2.16.